The van der Waals surface area contributed by atoms with Crippen molar-refractivity contribution in [1.29, 1.82) is 0 Å². The predicted molar refractivity (Wildman–Crippen MR) is 136 cm³/mol. The fourth-order valence-corrected chi connectivity index (χ4v) is 6.17. The van der Waals surface area contributed by atoms with Crippen LogP contribution in [0.3, 0.4) is 0 Å². The van der Waals surface area contributed by atoms with Gasteiger partial charge in [-0.15, -0.1) is 10.2 Å². The van der Waals surface area contributed by atoms with Crippen molar-refractivity contribution in [3.63, 3.8) is 0 Å². The highest BCUT2D eigenvalue weighted by molar-refractivity contribution is 8.03. The van der Waals surface area contributed by atoms with Gasteiger partial charge >= 0.3 is 11.9 Å². The van der Waals surface area contributed by atoms with E-state index in [1.54, 1.807) is 33.4 Å². The Hall–Kier alpha value is -2.92. The van der Waals surface area contributed by atoms with Crippen molar-refractivity contribution in [3.8, 4) is 11.5 Å². The third kappa shape index (κ3) is 5.38. The summed E-state index contributed by atoms with van der Waals surface area (Å²) >= 11 is 7.28. The molecule has 1 fully saturated rings. The lowest BCUT2D eigenvalue weighted by Crippen LogP contribution is -2.45. The predicted octanol–water partition coefficient (Wildman–Crippen LogP) is 4.64. The summed E-state index contributed by atoms with van der Waals surface area (Å²) in [5.41, 5.74) is -0.00396. The Bertz CT molecular complexity index is 1230. The van der Waals surface area contributed by atoms with Crippen LogP contribution in [0.4, 0.5) is 0 Å². The number of aromatic nitrogens is 3. The maximum atomic E-state index is 13.3. The molecule has 1 atom stereocenters. The number of aliphatic hydroxyl groups excluding tert-OH is 1. The molecule has 1 N–H and O–H groups in total. The molecule has 1 unspecified atom stereocenters. The monoisotopic (exact) mass is 551 g/mol. The highest BCUT2D eigenvalue weighted by atomic mass is 35.5. The van der Waals surface area contributed by atoms with Crippen LogP contribution in [0.1, 0.15) is 54.7 Å². The molecule has 1 saturated carbocycles. The average molecular weight is 552 g/mol. The molecule has 1 aliphatic heterocycles. The van der Waals surface area contributed by atoms with Crippen LogP contribution < -0.4 is 9.47 Å². The van der Waals surface area contributed by atoms with Gasteiger partial charge in [0.25, 0.3) is 0 Å². The lowest BCUT2D eigenvalue weighted by Gasteiger charge is -2.41. The van der Waals surface area contributed by atoms with Crippen LogP contribution in [0.25, 0.3) is 0 Å². The Morgan fingerprint density at radius 1 is 1.22 bits per heavy atom. The SMILES string of the molecule is COC(=O)c1nnc(SC2=C(O)CC(CCc3cc(Cl)c(OC)cc3OC)(C3CCCC3)OC2=O)n1C. The third-order valence-electron chi connectivity index (χ3n) is 7.08. The van der Waals surface area contributed by atoms with Crippen LogP contribution in [0.15, 0.2) is 28.0 Å². The number of cyclic esters (lactones) is 1. The first-order valence-electron chi connectivity index (χ1n) is 11.9. The van der Waals surface area contributed by atoms with Crippen LogP contribution >= 0.6 is 23.4 Å². The number of carbonyl (C=O) groups is 2. The molecule has 2 aliphatic rings. The highest BCUT2D eigenvalue weighted by Crippen LogP contribution is 2.48. The van der Waals surface area contributed by atoms with Crippen LogP contribution in [-0.4, -0.2) is 58.7 Å². The second kappa shape index (κ2) is 11.2. The Labute approximate surface area is 224 Å². The number of aryl methyl sites for hydroxylation is 1. The van der Waals surface area contributed by atoms with E-state index >= 15 is 0 Å². The second-order valence-corrected chi connectivity index (χ2v) is 10.5. The van der Waals surface area contributed by atoms with Crippen LogP contribution in [0.2, 0.25) is 5.02 Å². The molecule has 0 bridgehead atoms. The normalized spacial score (nSPS) is 20.2. The van der Waals surface area contributed by atoms with E-state index < -0.39 is 17.5 Å². The zero-order valence-electron chi connectivity index (χ0n) is 21.2. The van der Waals surface area contributed by atoms with Gasteiger partial charge in [0.05, 0.1) is 26.4 Å². The van der Waals surface area contributed by atoms with Crippen LogP contribution in [0, 0.1) is 5.92 Å². The Morgan fingerprint density at radius 2 is 1.92 bits per heavy atom. The second-order valence-electron chi connectivity index (χ2n) is 9.15. The van der Waals surface area contributed by atoms with Crippen molar-refractivity contribution in [1.82, 2.24) is 14.8 Å². The first kappa shape index (κ1) is 27.1. The molecule has 37 heavy (non-hydrogen) atoms. The molecule has 1 aliphatic carbocycles. The molecule has 0 spiro atoms. The molecule has 0 radical (unpaired) electrons. The Morgan fingerprint density at radius 3 is 2.54 bits per heavy atom. The Kier molecular flexibility index (Phi) is 8.23. The number of carbonyl (C=O) groups excluding carboxylic acids is 2. The van der Waals surface area contributed by atoms with E-state index in [2.05, 4.69) is 10.2 Å². The maximum Gasteiger partial charge on any atom is 0.376 e. The maximum absolute atomic E-state index is 13.3. The van der Waals surface area contributed by atoms with Gasteiger partial charge < -0.3 is 24.1 Å². The van der Waals surface area contributed by atoms with E-state index in [0.29, 0.717) is 29.4 Å². The van der Waals surface area contributed by atoms with E-state index in [9.17, 15) is 14.7 Å². The summed E-state index contributed by atoms with van der Waals surface area (Å²) in [6.07, 6.45) is 5.11. The molecule has 2 heterocycles. The van der Waals surface area contributed by atoms with Crippen molar-refractivity contribution in [2.24, 2.45) is 13.0 Å². The lowest BCUT2D eigenvalue weighted by molar-refractivity contribution is -0.166. The van der Waals surface area contributed by atoms with Gasteiger partial charge in [-0.25, -0.2) is 9.59 Å². The number of rotatable bonds is 9. The van der Waals surface area contributed by atoms with Gasteiger partial charge in [-0.1, -0.05) is 24.4 Å². The average Bonchev–Trinajstić information content (AvgIpc) is 3.55. The number of aliphatic hydroxyl groups is 1. The van der Waals surface area contributed by atoms with E-state index in [-0.39, 0.29) is 34.0 Å². The van der Waals surface area contributed by atoms with Crippen LogP contribution in [-0.2, 0) is 27.7 Å². The first-order valence-corrected chi connectivity index (χ1v) is 13.1. The van der Waals surface area contributed by atoms with Gasteiger partial charge in [-0.3, -0.25) is 4.57 Å². The minimum absolute atomic E-state index is 0.0123. The van der Waals surface area contributed by atoms with Crippen molar-refractivity contribution >= 4 is 35.3 Å². The van der Waals surface area contributed by atoms with E-state index in [1.807, 2.05) is 0 Å². The largest absolute Gasteiger partial charge is 0.511 e. The summed E-state index contributed by atoms with van der Waals surface area (Å²) in [5, 5.41) is 19.6. The molecule has 1 aromatic carbocycles. The summed E-state index contributed by atoms with van der Waals surface area (Å²) < 4.78 is 23.1. The van der Waals surface area contributed by atoms with E-state index in [1.165, 1.54) is 11.7 Å². The van der Waals surface area contributed by atoms with Gasteiger partial charge in [0, 0.05) is 19.5 Å². The minimum atomic E-state index is -0.865. The minimum Gasteiger partial charge on any atom is -0.511 e. The van der Waals surface area contributed by atoms with E-state index in [0.717, 1.165) is 43.0 Å². The van der Waals surface area contributed by atoms with Crippen LogP contribution in [0.5, 0.6) is 11.5 Å². The number of halogens is 1. The molecule has 4 rings (SSSR count). The van der Waals surface area contributed by atoms with Crippen molar-refractivity contribution in [3.05, 3.63) is 39.2 Å². The molecular formula is C25H30ClN3O7S. The summed E-state index contributed by atoms with van der Waals surface area (Å²) in [7, 11) is 5.94. The zero-order chi connectivity index (χ0) is 26.7. The Balaban J connectivity index is 1.61. The quantitative estimate of drug-likeness (QED) is 0.441. The lowest BCUT2D eigenvalue weighted by atomic mass is 9.77. The number of nitrogens with zero attached hydrogens (tertiary/aromatic N) is 3. The summed E-state index contributed by atoms with van der Waals surface area (Å²) in [5.74, 6) is -0.0886. The fraction of sp³-hybridized carbons (Fsp3) is 0.520. The molecule has 1 aromatic heterocycles. The van der Waals surface area contributed by atoms with Gasteiger partial charge in [-0.2, -0.15) is 0 Å². The van der Waals surface area contributed by atoms with Gasteiger partial charge in [0.15, 0.2) is 5.16 Å². The van der Waals surface area contributed by atoms with Crippen molar-refractivity contribution in [2.45, 2.75) is 55.7 Å². The fourth-order valence-electron chi connectivity index (χ4n) is 5.10. The molecule has 200 valence electrons. The third-order valence-corrected chi connectivity index (χ3v) is 8.52. The number of esters is 2. The van der Waals surface area contributed by atoms with Gasteiger partial charge in [0.1, 0.15) is 27.8 Å². The van der Waals surface area contributed by atoms with Crippen molar-refractivity contribution < 1.29 is 33.6 Å². The van der Waals surface area contributed by atoms with Gasteiger partial charge in [-0.05, 0) is 55.0 Å². The number of hydrogen-bond donors (Lipinski definition) is 1. The summed E-state index contributed by atoms with van der Waals surface area (Å²) in [6.45, 7) is 0. The molecule has 0 amide bonds. The summed E-state index contributed by atoms with van der Waals surface area (Å²) in [6, 6.07) is 3.54. The molecular weight excluding hydrogens is 522 g/mol. The van der Waals surface area contributed by atoms with E-state index in [4.69, 9.17) is 30.5 Å². The number of ether oxygens (including phenoxy) is 4. The summed E-state index contributed by atoms with van der Waals surface area (Å²) in [4.78, 5) is 25.2. The molecule has 2 aromatic rings. The number of thioether (sulfide) groups is 1. The molecule has 10 nitrogen and oxygen atoms in total. The smallest absolute Gasteiger partial charge is 0.376 e. The van der Waals surface area contributed by atoms with Gasteiger partial charge in [0.2, 0.25) is 5.82 Å². The zero-order valence-corrected chi connectivity index (χ0v) is 22.8. The number of hydrogen-bond acceptors (Lipinski definition) is 10. The first-order chi connectivity index (χ1) is 17.7. The standard InChI is InChI=1S/C25H30ClN3O7S/c1-29-21(23(32)35-4)27-28-24(29)37-20-17(30)13-25(36-22(20)31,15-7-5-6-8-15)10-9-14-11-16(26)19(34-3)12-18(14)33-2/h11-12,15,30H,5-10,13H2,1-4H3. The number of benzene rings is 1. The van der Waals surface area contributed by atoms with Crippen molar-refractivity contribution in [2.75, 3.05) is 21.3 Å². The topological polar surface area (TPSA) is 122 Å². The highest BCUT2D eigenvalue weighted by Gasteiger charge is 2.48. The molecule has 12 heteroatoms. The molecule has 0 saturated heterocycles. The number of methoxy groups -OCH3 is 3.